The molecule has 1 atom stereocenters. The van der Waals surface area contributed by atoms with E-state index in [4.69, 9.17) is 5.73 Å². The van der Waals surface area contributed by atoms with E-state index in [1.807, 2.05) is 28.0 Å². The van der Waals surface area contributed by atoms with Gasteiger partial charge >= 0.3 is 6.03 Å². The van der Waals surface area contributed by atoms with Crippen LogP contribution in [0, 0.1) is 0 Å². The third-order valence-electron chi connectivity index (χ3n) is 10.6. The number of piperidine rings is 2. The highest BCUT2D eigenvalue weighted by Crippen LogP contribution is 2.24. The van der Waals surface area contributed by atoms with Crippen molar-refractivity contribution in [2.24, 2.45) is 0 Å². The summed E-state index contributed by atoms with van der Waals surface area (Å²) in [6, 6.07) is 15.1. The van der Waals surface area contributed by atoms with Gasteiger partial charge in [-0.05, 0) is 106 Å². The average Bonchev–Trinajstić information content (AvgIpc) is 3.09. The Bertz CT molecular complexity index is 1280. The molecule has 3 fully saturated rings. The summed E-state index contributed by atoms with van der Waals surface area (Å²) in [5.41, 5.74) is 12.1. The van der Waals surface area contributed by atoms with Crippen LogP contribution in [0.4, 0.5) is 10.5 Å². The van der Waals surface area contributed by atoms with Crippen molar-refractivity contribution in [3.8, 4) is 0 Å². The summed E-state index contributed by atoms with van der Waals surface area (Å²) >= 11 is 0. The fraction of sp³-hybridized carbons (Fsp3) is 0.611. The molecule has 45 heavy (non-hydrogen) atoms. The van der Waals surface area contributed by atoms with Crippen LogP contribution in [0.2, 0.25) is 0 Å². The molecule has 9 nitrogen and oxygen atoms in total. The largest absolute Gasteiger partial charge is 0.399 e. The SMILES string of the molecule is Nc1ccccc1CCNC1CCN(C(=O)N[C@H](Cc2ccc3c(c2)CCCC3)C(=O)N2CCN(C3CCNCC3)CC2)CC1. The van der Waals surface area contributed by atoms with Gasteiger partial charge in [-0.3, -0.25) is 9.69 Å². The Morgan fingerprint density at radius 2 is 1.60 bits per heavy atom. The van der Waals surface area contributed by atoms with Crippen LogP contribution in [-0.2, 0) is 30.5 Å². The van der Waals surface area contributed by atoms with E-state index in [-0.39, 0.29) is 11.9 Å². The number of benzene rings is 2. The molecule has 0 aromatic heterocycles. The number of nitrogens with zero attached hydrogens (tertiary/aromatic N) is 3. The molecule has 0 bridgehead atoms. The minimum Gasteiger partial charge on any atom is -0.399 e. The van der Waals surface area contributed by atoms with Gasteiger partial charge in [-0.25, -0.2) is 4.79 Å². The summed E-state index contributed by atoms with van der Waals surface area (Å²) in [6.07, 6.45) is 10.3. The first-order valence-corrected chi connectivity index (χ1v) is 17.5. The lowest BCUT2D eigenvalue weighted by atomic mass is 9.89. The number of para-hydroxylation sites is 1. The lowest BCUT2D eigenvalue weighted by Gasteiger charge is -2.42. The van der Waals surface area contributed by atoms with Gasteiger partial charge in [-0.2, -0.15) is 0 Å². The summed E-state index contributed by atoms with van der Waals surface area (Å²) in [5.74, 6) is 0.0581. The topological polar surface area (TPSA) is 106 Å². The van der Waals surface area contributed by atoms with Crippen molar-refractivity contribution in [3.63, 3.8) is 0 Å². The highest BCUT2D eigenvalue weighted by molar-refractivity contribution is 5.87. The molecule has 3 aliphatic heterocycles. The molecule has 5 N–H and O–H groups in total. The van der Waals surface area contributed by atoms with Crippen LogP contribution in [-0.4, -0.2) is 104 Å². The number of aryl methyl sites for hydroxylation is 2. The van der Waals surface area contributed by atoms with E-state index in [0.717, 1.165) is 89.2 Å². The number of nitrogens with two attached hydrogens (primary N) is 1. The van der Waals surface area contributed by atoms with Gasteiger partial charge in [0.1, 0.15) is 6.04 Å². The number of hydrogen-bond donors (Lipinski definition) is 4. The summed E-state index contributed by atoms with van der Waals surface area (Å²) in [4.78, 5) is 34.1. The molecule has 0 spiro atoms. The van der Waals surface area contributed by atoms with Crippen LogP contribution in [0.1, 0.15) is 60.8 Å². The maximum Gasteiger partial charge on any atom is 0.318 e. The van der Waals surface area contributed by atoms with Gasteiger partial charge in [0.2, 0.25) is 5.91 Å². The number of hydrogen-bond acceptors (Lipinski definition) is 6. The predicted octanol–water partition coefficient (Wildman–Crippen LogP) is 2.96. The smallest absolute Gasteiger partial charge is 0.318 e. The minimum atomic E-state index is -0.559. The molecule has 4 aliphatic rings. The normalized spacial score (nSPS) is 20.9. The number of anilines is 1. The van der Waals surface area contributed by atoms with E-state index >= 15 is 0 Å². The van der Waals surface area contributed by atoms with E-state index < -0.39 is 6.04 Å². The molecular formula is C36H53N7O2. The average molecular weight is 616 g/mol. The van der Waals surface area contributed by atoms with Crippen molar-refractivity contribution in [3.05, 3.63) is 64.7 Å². The molecule has 3 saturated heterocycles. The predicted molar refractivity (Wildman–Crippen MR) is 180 cm³/mol. The van der Waals surface area contributed by atoms with Crippen LogP contribution >= 0.6 is 0 Å². The van der Waals surface area contributed by atoms with Crippen molar-refractivity contribution in [1.29, 1.82) is 0 Å². The number of piperazine rings is 1. The molecule has 1 aliphatic carbocycles. The molecular weight excluding hydrogens is 562 g/mol. The van der Waals surface area contributed by atoms with Gasteiger partial charge in [0.25, 0.3) is 0 Å². The zero-order valence-electron chi connectivity index (χ0n) is 26.9. The van der Waals surface area contributed by atoms with Crippen molar-refractivity contribution in [2.75, 3.05) is 64.6 Å². The number of nitrogen functional groups attached to an aromatic ring is 1. The van der Waals surface area contributed by atoms with Gasteiger partial charge < -0.3 is 31.5 Å². The van der Waals surface area contributed by atoms with E-state index in [0.29, 0.717) is 31.6 Å². The molecule has 2 aromatic rings. The molecule has 2 aromatic carbocycles. The van der Waals surface area contributed by atoms with Crippen molar-refractivity contribution in [2.45, 2.75) is 82.3 Å². The zero-order chi connectivity index (χ0) is 31.0. The second kappa shape index (κ2) is 15.4. The third kappa shape index (κ3) is 8.37. The molecule has 3 amide bonds. The number of amides is 3. The molecule has 0 saturated carbocycles. The Hall–Kier alpha value is -3.14. The van der Waals surface area contributed by atoms with Gasteiger partial charge in [0.15, 0.2) is 0 Å². The first-order chi connectivity index (χ1) is 22.0. The van der Waals surface area contributed by atoms with Crippen molar-refractivity contribution >= 4 is 17.6 Å². The number of rotatable bonds is 9. The standard InChI is InChI=1S/C36H53N7O2/c37-33-8-4-3-6-29(33)11-18-39-31-14-19-43(20-15-31)36(45)40-34(26-27-9-10-28-5-1-2-7-30(28)25-27)35(44)42-23-21-41(22-24-42)32-12-16-38-17-13-32/h3-4,6,8-10,25,31-32,34,38-39H,1-2,5,7,11-24,26,37H2,(H,40,45)/t34-/m1/s1. The lowest BCUT2D eigenvalue weighted by molar-refractivity contribution is -0.135. The van der Waals surface area contributed by atoms with Crippen LogP contribution in [0.3, 0.4) is 0 Å². The van der Waals surface area contributed by atoms with Crippen LogP contribution in [0.5, 0.6) is 0 Å². The third-order valence-corrected chi connectivity index (χ3v) is 10.6. The zero-order valence-corrected chi connectivity index (χ0v) is 26.9. The van der Waals surface area contributed by atoms with Crippen molar-refractivity contribution < 1.29 is 9.59 Å². The van der Waals surface area contributed by atoms with E-state index in [2.05, 4.69) is 45.1 Å². The Kier molecular flexibility index (Phi) is 10.9. The highest BCUT2D eigenvalue weighted by Gasteiger charge is 2.33. The number of nitrogens with one attached hydrogen (secondary N) is 3. The summed E-state index contributed by atoms with van der Waals surface area (Å²) in [5, 5.41) is 10.3. The minimum absolute atomic E-state index is 0.0581. The molecule has 3 heterocycles. The van der Waals surface area contributed by atoms with Gasteiger partial charge in [0, 0.05) is 63.5 Å². The monoisotopic (exact) mass is 615 g/mol. The number of fused-ring (bicyclic) bond motifs is 1. The van der Waals surface area contributed by atoms with E-state index in [1.165, 1.54) is 42.4 Å². The van der Waals surface area contributed by atoms with Gasteiger partial charge in [-0.1, -0.05) is 36.4 Å². The fourth-order valence-corrected chi connectivity index (χ4v) is 7.75. The Balaban J connectivity index is 1.04. The lowest BCUT2D eigenvalue weighted by Crippen LogP contribution is -2.59. The molecule has 0 radical (unpaired) electrons. The first kappa shape index (κ1) is 31.8. The Labute approximate surface area is 269 Å². The molecule has 0 unspecified atom stereocenters. The Morgan fingerprint density at radius 1 is 0.867 bits per heavy atom. The number of likely N-dealkylation sites (tertiary alicyclic amines) is 1. The van der Waals surface area contributed by atoms with Crippen LogP contribution < -0.4 is 21.7 Å². The molecule has 6 rings (SSSR count). The Morgan fingerprint density at radius 3 is 2.36 bits per heavy atom. The van der Waals surface area contributed by atoms with E-state index in [9.17, 15) is 9.59 Å². The summed E-state index contributed by atoms with van der Waals surface area (Å²) in [6.45, 7) is 7.67. The quantitative estimate of drug-likeness (QED) is 0.324. The van der Waals surface area contributed by atoms with E-state index in [1.54, 1.807) is 0 Å². The maximum absolute atomic E-state index is 14.0. The van der Waals surface area contributed by atoms with Crippen LogP contribution in [0.25, 0.3) is 0 Å². The maximum atomic E-state index is 14.0. The second-order valence-corrected chi connectivity index (χ2v) is 13.5. The molecule has 9 heteroatoms. The number of carbonyl (C=O) groups is 2. The van der Waals surface area contributed by atoms with Gasteiger partial charge in [-0.15, -0.1) is 0 Å². The van der Waals surface area contributed by atoms with Crippen molar-refractivity contribution in [1.82, 2.24) is 30.7 Å². The summed E-state index contributed by atoms with van der Waals surface area (Å²) < 4.78 is 0. The number of carbonyl (C=O) groups excluding carboxylic acids is 2. The summed E-state index contributed by atoms with van der Waals surface area (Å²) in [7, 11) is 0. The first-order valence-electron chi connectivity index (χ1n) is 17.5. The number of urea groups is 1. The van der Waals surface area contributed by atoms with Gasteiger partial charge in [0.05, 0.1) is 0 Å². The highest BCUT2D eigenvalue weighted by atomic mass is 16.2. The second-order valence-electron chi connectivity index (χ2n) is 13.5. The molecule has 244 valence electrons. The van der Waals surface area contributed by atoms with Crippen LogP contribution in [0.15, 0.2) is 42.5 Å². The fourth-order valence-electron chi connectivity index (χ4n) is 7.75.